The second-order valence-electron chi connectivity index (χ2n) is 6.89. The summed E-state index contributed by atoms with van der Waals surface area (Å²) in [6.07, 6.45) is 15.8. The fraction of sp³-hybridized carbons (Fsp3) is 1.00. The van der Waals surface area contributed by atoms with Gasteiger partial charge in [0.05, 0.1) is 6.10 Å². The Morgan fingerprint density at radius 1 is 1.00 bits per heavy atom. The van der Waals surface area contributed by atoms with Crippen molar-refractivity contribution >= 4 is 0 Å². The van der Waals surface area contributed by atoms with Crippen molar-refractivity contribution in [3.63, 3.8) is 0 Å². The summed E-state index contributed by atoms with van der Waals surface area (Å²) in [5.41, 5.74) is 0.512. The topological polar surface area (TPSA) is 21.3 Å². The molecule has 20 heavy (non-hydrogen) atoms. The Kier molecular flexibility index (Phi) is 6.83. The summed E-state index contributed by atoms with van der Waals surface area (Å²) < 4.78 is 5.98. The Bertz CT molecular complexity index is 260. The molecule has 0 saturated heterocycles. The third kappa shape index (κ3) is 3.76. The highest BCUT2D eigenvalue weighted by atomic mass is 16.5. The van der Waals surface area contributed by atoms with E-state index in [4.69, 9.17) is 4.74 Å². The molecule has 2 heteroatoms. The van der Waals surface area contributed by atoms with Gasteiger partial charge in [0.25, 0.3) is 0 Å². The van der Waals surface area contributed by atoms with Crippen LogP contribution in [0.5, 0.6) is 0 Å². The maximum absolute atomic E-state index is 5.98. The number of rotatable bonds is 10. The fourth-order valence-electron chi connectivity index (χ4n) is 4.35. The third-order valence-corrected chi connectivity index (χ3v) is 5.61. The van der Waals surface area contributed by atoms with Crippen LogP contribution in [0.4, 0.5) is 0 Å². The zero-order chi connectivity index (χ0) is 14.3. The minimum absolute atomic E-state index is 0.512. The molecule has 1 spiro atoms. The van der Waals surface area contributed by atoms with Crippen molar-refractivity contribution in [1.82, 2.24) is 5.32 Å². The van der Waals surface area contributed by atoms with Gasteiger partial charge >= 0.3 is 0 Å². The van der Waals surface area contributed by atoms with Crippen molar-refractivity contribution in [3.05, 3.63) is 0 Å². The zero-order valence-corrected chi connectivity index (χ0v) is 13.8. The molecule has 0 aromatic heterocycles. The van der Waals surface area contributed by atoms with E-state index in [9.17, 15) is 0 Å². The van der Waals surface area contributed by atoms with Crippen molar-refractivity contribution < 1.29 is 4.74 Å². The molecule has 2 saturated carbocycles. The van der Waals surface area contributed by atoms with Gasteiger partial charge in [-0.15, -0.1) is 0 Å². The van der Waals surface area contributed by atoms with Crippen LogP contribution in [0.3, 0.4) is 0 Å². The first-order valence-electron chi connectivity index (χ1n) is 9.18. The van der Waals surface area contributed by atoms with Gasteiger partial charge in [-0.05, 0) is 39.2 Å². The second kappa shape index (κ2) is 8.38. The molecule has 0 heterocycles. The van der Waals surface area contributed by atoms with E-state index in [0.29, 0.717) is 11.5 Å². The van der Waals surface area contributed by atoms with Crippen molar-refractivity contribution in [2.24, 2.45) is 5.41 Å². The lowest BCUT2D eigenvalue weighted by molar-refractivity contribution is -0.130. The Labute approximate surface area is 126 Å². The van der Waals surface area contributed by atoms with E-state index in [1.54, 1.807) is 0 Å². The fourth-order valence-corrected chi connectivity index (χ4v) is 4.35. The molecule has 2 atom stereocenters. The van der Waals surface area contributed by atoms with E-state index < -0.39 is 0 Å². The summed E-state index contributed by atoms with van der Waals surface area (Å²) in [4.78, 5) is 0. The predicted octanol–water partition coefficient (Wildman–Crippen LogP) is 4.67. The van der Waals surface area contributed by atoms with Crippen molar-refractivity contribution in [2.45, 2.75) is 96.6 Å². The Morgan fingerprint density at radius 3 is 2.40 bits per heavy atom. The molecule has 0 bridgehead atoms. The number of unbranched alkanes of at least 4 members (excludes halogenated alkanes) is 5. The number of hydrogen-bond acceptors (Lipinski definition) is 2. The molecule has 2 aliphatic carbocycles. The first-order chi connectivity index (χ1) is 9.83. The molecule has 2 nitrogen and oxygen atoms in total. The number of nitrogens with one attached hydrogen (secondary N) is 1. The number of hydrogen-bond donors (Lipinski definition) is 1. The highest BCUT2D eigenvalue weighted by Crippen LogP contribution is 2.54. The zero-order valence-electron chi connectivity index (χ0n) is 13.8. The molecule has 0 amide bonds. The summed E-state index contributed by atoms with van der Waals surface area (Å²) in [6.45, 7) is 6.53. The van der Waals surface area contributed by atoms with Gasteiger partial charge in [0.2, 0.25) is 0 Å². The quantitative estimate of drug-likeness (QED) is 0.587. The normalized spacial score (nSPS) is 27.9. The average Bonchev–Trinajstić information content (AvgIpc) is 2.96. The predicted molar refractivity (Wildman–Crippen MR) is 86.1 cm³/mol. The average molecular weight is 281 g/mol. The minimum Gasteiger partial charge on any atom is -0.378 e. The van der Waals surface area contributed by atoms with Gasteiger partial charge < -0.3 is 10.1 Å². The molecule has 0 aliphatic heterocycles. The molecular formula is C18H35NO. The van der Waals surface area contributed by atoms with Gasteiger partial charge in [-0.2, -0.15) is 0 Å². The van der Waals surface area contributed by atoms with Crippen molar-refractivity contribution in [1.29, 1.82) is 0 Å². The molecule has 0 radical (unpaired) electrons. The summed E-state index contributed by atoms with van der Waals surface area (Å²) in [5, 5.41) is 3.85. The van der Waals surface area contributed by atoms with Gasteiger partial charge in [-0.1, -0.05) is 51.9 Å². The van der Waals surface area contributed by atoms with E-state index >= 15 is 0 Å². The summed E-state index contributed by atoms with van der Waals surface area (Å²) in [7, 11) is 0. The lowest BCUT2D eigenvalue weighted by atomic mass is 9.60. The van der Waals surface area contributed by atoms with Crippen LogP contribution in [0, 0.1) is 5.41 Å². The molecule has 0 aromatic carbocycles. The molecule has 2 unspecified atom stereocenters. The van der Waals surface area contributed by atoms with E-state index in [-0.39, 0.29) is 0 Å². The van der Waals surface area contributed by atoms with Crippen LogP contribution in [0.1, 0.15) is 84.5 Å². The van der Waals surface area contributed by atoms with Gasteiger partial charge in [0, 0.05) is 18.1 Å². The van der Waals surface area contributed by atoms with E-state index in [1.807, 2.05) is 0 Å². The van der Waals surface area contributed by atoms with Crippen LogP contribution >= 0.6 is 0 Å². The lowest BCUT2D eigenvalue weighted by Crippen LogP contribution is -2.62. The van der Waals surface area contributed by atoms with Crippen LogP contribution in [-0.2, 0) is 4.74 Å². The van der Waals surface area contributed by atoms with Gasteiger partial charge in [0.1, 0.15) is 0 Å². The smallest absolute Gasteiger partial charge is 0.0661 e. The standard InChI is InChI=1S/C18H35NO/c1-3-5-6-7-8-11-14-19-16-15-17(20-4-2)18(16)12-9-10-13-18/h16-17,19H,3-15H2,1-2H3. The summed E-state index contributed by atoms with van der Waals surface area (Å²) in [5.74, 6) is 0. The first-order valence-corrected chi connectivity index (χ1v) is 9.18. The molecule has 2 aliphatic rings. The van der Waals surface area contributed by atoms with E-state index in [2.05, 4.69) is 19.2 Å². The van der Waals surface area contributed by atoms with Crippen LogP contribution in [0.2, 0.25) is 0 Å². The van der Waals surface area contributed by atoms with Crippen LogP contribution in [-0.4, -0.2) is 25.3 Å². The molecule has 0 aromatic rings. The van der Waals surface area contributed by atoms with Crippen LogP contribution in [0.25, 0.3) is 0 Å². The van der Waals surface area contributed by atoms with E-state index in [1.165, 1.54) is 77.2 Å². The maximum atomic E-state index is 5.98. The molecular weight excluding hydrogens is 246 g/mol. The minimum atomic E-state index is 0.512. The van der Waals surface area contributed by atoms with E-state index in [0.717, 1.165) is 12.6 Å². The Hall–Kier alpha value is -0.0800. The molecule has 2 rings (SSSR count). The maximum Gasteiger partial charge on any atom is 0.0661 e. The molecule has 118 valence electrons. The lowest BCUT2D eigenvalue weighted by Gasteiger charge is -2.54. The SMILES string of the molecule is CCCCCCCCNC1CC(OCC)C12CCCC2. The van der Waals surface area contributed by atoms with Gasteiger partial charge in [-0.3, -0.25) is 0 Å². The first kappa shape index (κ1) is 16.3. The Morgan fingerprint density at radius 2 is 1.70 bits per heavy atom. The van der Waals surface area contributed by atoms with Crippen molar-refractivity contribution in [3.8, 4) is 0 Å². The van der Waals surface area contributed by atoms with Crippen LogP contribution < -0.4 is 5.32 Å². The summed E-state index contributed by atoms with van der Waals surface area (Å²) >= 11 is 0. The van der Waals surface area contributed by atoms with Gasteiger partial charge in [-0.25, -0.2) is 0 Å². The highest BCUT2D eigenvalue weighted by Gasteiger charge is 2.56. The van der Waals surface area contributed by atoms with Gasteiger partial charge in [0.15, 0.2) is 0 Å². The Balaban J connectivity index is 1.61. The third-order valence-electron chi connectivity index (χ3n) is 5.61. The van der Waals surface area contributed by atoms with Crippen molar-refractivity contribution in [2.75, 3.05) is 13.2 Å². The molecule has 1 N–H and O–H groups in total. The number of ether oxygens (including phenoxy) is 1. The van der Waals surface area contributed by atoms with Crippen LogP contribution in [0.15, 0.2) is 0 Å². The monoisotopic (exact) mass is 281 g/mol. The molecule has 2 fully saturated rings. The second-order valence-corrected chi connectivity index (χ2v) is 6.89. The summed E-state index contributed by atoms with van der Waals surface area (Å²) in [6, 6.07) is 0.747. The largest absolute Gasteiger partial charge is 0.378 e. The highest BCUT2D eigenvalue weighted by molar-refractivity contribution is 5.09.